The van der Waals surface area contributed by atoms with E-state index in [2.05, 4.69) is 39.5 Å². The van der Waals surface area contributed by atoms with Crippen molar-refractivity contribution >= 4 is 17.4 Å². The lowest BCUT2D eigenvalue weighted by molar-refractivity contribution is 0.215. The Labute approximate surface area is 159 Å². The number of nitrogens with zero attached hydrogens (tertiary/aromatic N) is 3. The van der Waals surface area contributed by atoms with E-state index < -0.39 is 0 Å². The Morgan fingerprint density at radius 1 is 1.22 bits per heavy atom. The summed E-state index contributed by atoms with van der Waals surface area (Å²) in [5.74, 6) is 1.20. The van der Waals surface area contributed by atoms with Crippen molar-refractivity contribution in [1.29, 1.82) is 0 Å². The molecule has 2 amide bonds. The first-order chi connectivity index (χ1) is 13.1. The molecule has 1 aliphatic rings. The second-order valence-corrected chi connectivity index (χ2v) is 6.66. The average molecular weight is 370 g/mol. The van der Waals surface area contributed by atoms with E-state index in [9.17, 15) is 4.79 Å². The number of hydrogen-bond donors (Lipinski definition) is 1. The number of carbonyl (C=O) groups is 1. The minimum atomic E-state index is -0.182. The molecule has 3 rings (SSSR count). The topological polar surface area (TPSA) is 66.9 Å². The fourth-order valence-electron chi connectivity index (χ4n) is 3.32. The molecule has 1 saturated heterocycles. The summed E-state index contributed by atoms with van der Waals surface area (Å²) in [5.41, 5.74) is 1.76. The number of nitrogens with one attached hydrogen (secondary N) is 1. The number of para-hydroxylation sites is 1. The molecular weight excluding hydrogens is 344 g/mol. The zero-order valence-electron chi connectivity index (χ0n) is 16.0. The van der Waals surface area contributed by atoms with Crippen molar-refractivity contribution in [3.05, 3.63) is 42.5 Å². The van der Waals surface area contributed by atoms with Crippen molar-refractivity contribution in [1.82, 2.24) is 9.88 Å². The predicted molar refractivity (Wildman–Crippen MR) is 106 cm³/mol. The Morgan fingerprint density at radius 2 is 2.00 bits per heavy atom. The molecule has 27 heavy (non-hydrogen) atoms. The molecule has 2 aromatic rings. The second kappa shape index (κ2) is 8.62. The number of rotatable bonds is 6. The standard InChI is InChI=1S/C20H26N4O3/c1-23(13-15-11-12-24(14-15)16-7-5-4-6-8-16)20(25)21-17-9-10-18(26-2)22-19(17)27-3/h4-10,15H,11-14H2,1-3H3,(H,21,25)/t15-/m1/s1. The molecule has 7 nitrogen and oxygen atoms in total. The van der Waals surface area contributed by atoms with Crippen LogP contribution in [-0.2, 0) is 0 Å². The number of pyridine rings is 1. The Balaban J connectivity index is 1.55. The summed E-state index contributed by atoms with van der Waals surface area (Å²) >= 11 is 0. The highest BCUT2D eigenvalue weighted by Crippen LogP contribution is 2.26. The van der Waals surface area contributed by atoms with Gasteiger partial charge in [0.1, 0.15) is 5.69 Å². The molecule has 1 aromatic heterocycles. The fourth-order valence-corrected chi connectivity index (χ4v) is 3.32. The highest BCUT2D eigenvalue weighted by Gasteiger charge is 2.25. The van der Waals surface area contributed by atoms with Crippen molar-refractivity contribution in [2.75, 3.05) is 51.1 Å². The van der Waals surface area contributed by atoms with E-state index in [-0.39, 0.29) is 6.03 Å². The number of urea groups is 1. The lowest BCUT2D eigenvalue weighted by atomic mass is 10.1. The van der Waals surface area contributed by atoms with Crippen LogP contribution in [0.3, 0.4) is 0 Å². The van der Waals surface area contributed by atoms with E-state index in [1.165, 1.54) is 19.9 Å². The van der Waals surface area contributed by atoms with E-state index >= 15 is 0 Å². The number of aromatic nitrogens is 1. The molecule has 0 radical (unpaired) electrons. The molecular formula is C20H26N4O3. The smallest absolute Gasteiger partial charge is 0.321 e. The monoisotopic (exact) mass is 370 g/mol. The molecule has 1 aliphatic heterocycles. The number of ether oxygens (including phenoxy) is 2. The summed E-state index contributed by atoms with van der Waals surface area (Å²) in [6.45, 7) is 2.66. The Kier molecular flexibility index (Phi) is 6.01. The summed E-state index contributed by atoms with van der Waals surface area (Å²) < 4.78 is 10.3. The summed E-state index contributed by atoms with van der Waals surface area (Å²) in [6, 6.07) is 13.6. The molecule has 1 atom stereocenters. The molecule has 1 aromatic carbocycles. The van der Waals surface area contributed by atoms with E-state index in [0.717, 1.165) is 19.5 Å². The average Bonchev–Trinajstić information content (AvgIpc) is 3.17. The second-order valence-electron chi connectivity index (χ2n) is 6.66. The van der Waals surface area contributed by atoms with Gasteiger partial charge in [0.25, 0.3) is 0 Å². The number of methoxy groups -OCH3 is 2. The van der Waals surface area contributed by atoms with Crippen LogP contribution in [0.1, 0.15) is 6.42 Å². The Bertz CT molecular complexity index is 769. The molecule has 0 saturated carbocycles. The van der Waals surface area contributed by atoms with E-state index in [1.807, 2.05) is 13.1 Å². The highest BCUT2D eigenvalue weighted by molar-refractivity contribution is 5.90. The van der Waals surface area contributed by atoms with Crippen LogP contribution in [0.15, 0.2) is 42.5 Å². The van der Waals surface area contributed by atoms with Gasteiger partial charge >= 0.3 is 6.03 Å². The van der Waals surface area contributed by atoms with Crippen molar-refractivity contribution in [3.63, 3.8) is 0 Å². The molecule has 0 unspecified atom stereocenters. The van der Waals surface area contributed by atoms with Crippen LogP contribution in [0.2, 0.25) is 0 Å². The van der Waals surface area contributed by atoms with Crippen molar-refractivity contribution < 1.29 is 14.3 Å². The first-order valence-electron chi connectivity index (χ1n) is 9.02. The first-order valence-corrected chi connectivity index (χ1v) is 9.02. The normalized spacial score (nSPS) is 16.1. The maximum Gasteiger partial charge on any atom is 0.321 e. The molecule has 0 bridgehead atoms. The third-order valence-corrected chi connectivity index (χ3v) is 4.76. The number of amides is 2. The molecule has 2 heterocycles. The largest absolute Gasteiger partial charge is 0.481 e. The maximum absolute atomic E-state index is 12.6. The molecule has 0 aliphatic carbocycles. The molecule has 7 heteroatoms. The van der Waals surface area contributed by atoms with Crippen LogP contribution in [0.25, 0.3) is 0 Å². The van der Waals surface area contributed by atoms with E-state index in [0.29, 0.717) is 29.9 Å². The van der Waals surface area contributed by atoms with Crippen LogP contribution in [0, 0.1) is 5.92 Å². The van der Waals surface area contributed by atoms with Gasteiger partial charge in [-0.05, 0) is 30.5 Å². The quantitative estimate of drug-likeness (QED) is 0.846. The van der Waals surface area contributed by atoms with Gasteiger partial charge in [-0.1, -0.05) is 18.2 Å². The highest BCUT2D eigenvalue weighted by atomic mass is 16.5. The van der Waals surface area contributed by atoms with Crippen LogP contribution in [0.5, 0.6) is 11.8 Å². The fraction of sp³-hybridized carbons (Fsp3) is 0.400. The maximum atomic E-state index is 12.6. The van der Waals surface area contributed by atoms with Gasteiger partial charge in [-0.2, -0.15) is 4.98 Å². The van der Waals surface area contributed by atoms with Crippen molar-refractivity contribution in [3.8, 4) is 11.8 Å². The lowest BCUT2D eigenvalue weighted by Crippen LogP contribution is -2.36. The Morgan fingerprint density at radius 3 is 2.70 bits per heavy atom. The van der Waals surface area contributed by atoms with E-state index in [1.54, 1.807) is 17.0 Å². The summed E-state index contributed by atoms with van der Waals surface area (Å²) in [6.07, 6.45) is 1.07. The van der Waals surface area contributed by atoms with Crippen molar-refractivity contribution in [2.45, 2.75) is 6.42 Å². The van der Waals surface area contributed by atoms with Crippen molar-refractivity contribution in [2.24, 2.45) is 5.92 Å². The van der Waals surface area contributed by atoms with Gasteiger partial charge in [-0.15, -0.1) is 0 Å². The third-order valence-electron chi connectivity index (χ3n) is 4.76. The molecule has 1 fully saturated rings. The zero-order valence-corrected chi connectivity index (χ0v) is 16.0. The summed E-state index contributed by atoms with van der Waals surface area (Å²) in [5, 5.41) is 2.86. The molecule has 144 valence electrons. The summed E-state index contributed by atoms with van der Waals surface area (Å²) in [4.78, 5) is 20.8. The van der Waals surface area contributed by atoms with Gasteiger partial charge in [0.15, 0.2) is 0 Å². The zero-order chi connectivity index (χ0) is 19.2. The van der Waals surface area contributed by atoms with Crippen LogP contribution < -0.4 is 19.7 Å². The van der Waals surface area contributed by atoms with E-state index in [4.69, 9.17) is 9.47 Å². The Hall–Kier alpha value is -2.96. The SMILES string of the molecule is COc1ccc(NC(=O)N(C)C[C@H]2CCN(c3ccccc3)C2)c(OC)n1. The minimum absolute atomic E-state index is 0.182. The number of benzene rings is 1. The van der Waals surface area contributed by atoms with Crippen LogP contribution in [-0.4, -0.2) is 56.8 Å². The van der Waals surface area contributed by atoms with Gasteiger partial charge in [0.2, 0.25) is 11.8 Å². The number of carbonyl (C=O) groups excluding carboxylic acids is 1. The van der Waals surface area contributed by atoms with Gasteiger partial charge in [-0.3, -0.25) is 0 Å². The predicted octanol–water partition coefficient (Wildman–Crippen LogP) is 3.09. The minimum Gasteiger partial charge on any atom is -0.481 e. The van der Waals surface area contributed by atoms with Gasteiger partial charge in [0.05, 0.1) is 14.2 Å². The van der Waals surface area contributed by atoms with Gasteiger partial charge in [-0.25, -0.2) is 4.79 Å². The van der Waals surface area contributed by atoms with Crippen LogP contribution in [0.4, 0.5) is 16.2 Å². The first kappa shape index (κ1) is 18.8. The third kappa shape index (κ3) is 4.61. The van der Waals surface area contributed by atoms with Crippen LogP contribution >= 0.6 is 0 Å². The number of hydrogen-bond acceptors (Lipinski definition) is 5. The van der Waals surface area contributed by atoms with Gasteiger partial charge < -0.3 is 24.6 Å². The summed E-state index contributed by atoms with van der Waals surface area (Å²) in [7, 11) is 4.86. The lowest BCUT2D eigenvalue weighted by Gasteiger charge is -2.23. The number of anilines is 2. The van der Waals surface area contributed by atoms with Gasteiger partial charge in [0, 0.05) is 38.4 Å². The molecule has 1 N–H and O–H groups in total. The molecule has 0 spiro atoms.